The van der Waals surface area contributed by atoms with Gasteiger partial charge in [-0.1, -0.05) is 0 Å². The molecule has 2 rings (SSSR count). The van der Waals surface area contributed by atoms with Gasteiger partial charge in [0.15, 0.2) is 0 Å². The van der Waals surface area contributed by atoms with Gasteiger partial charge >= 0.3 is 0 Å². The van der Waals surface area contributed by atoms with Crippen LogP contribution in [0.1, 0.15) is 30.7 Å². The Morgan fingerprint density at radius 2 is 2.00 bits per heavy atom. The molecular formula is C12H19N3O2. The van der Waals surface area contributed by atoms with E-state index in [9.17, 15) is 10.2 Å². The minimum Gasteiger partial charge on any atom is -0.390 e. The number of nitrogens with zero attached hydrogens (tertiary/aromatic N) is 2. The standard InChI is InChI=1S/C12H19N3O2/c1-7-6-13-8(2)12(14-7)15-9-3-4-10(16)11(17)5-9/h6,9-11,16-17H,3-5H2,1-2H3,(H,14,15)/t9?,10-,11+/m1/s1. The number of anilines is 1. The van der Waals surface area contributed by atoms with Crippen LogP contribution in [0.2, 0.25) is 0 Å². The molecule has 0 spiro atoms. The number of nitrogens with one attached hydrogen (secondary N) is 1. The van der Waals surface area contributed by atoms with Crippen LogP contribution >= 0.6 is 0 Å². The average Bonchev–Trinajstić information content (AvgIpc) is 2.29. The van der Waals surface area contributed by atoms with Gasteiger partial charge in [0.2, 0.25) is 0 Å². The molecule has 1 saturated carbocycles. The summed E-state index contributed by atoms with van der Waals surface area (Å²) in [5.74, 6) is 0.776. The molecule has 1 aromatic heterocycles. The van der Waals surface area contributed by atoms with E-state index in [4.69, 9.17) is 0 Å². The number of rotatable bonds is 2. The highest BCUT2D eigenvalue weighted by molar-refractivity contribution is 5.40. The van der Waals surface area contributed by atoms with Gasteiger partial charge in [0, 0.05) is 12.2 Å². The fourth-order valence-electron chi connectivity index (χ4n) is 2.13. The second kappa shape index (κ2) is 4.98. The SMILES string of the molecule is Cc1cnc(C)c(NC2CC[C@@H](O)[C@@H](O)C2)n1. The Morgan fingerprint density at radius 1 is 1.24 bits per heavy atom. The molecule has 0 amide bonds. The Hall–Kier alpha value is -1.20. The van der Waals surface area contributed by atoms with Crippen molar-refractivity contribution in [3.05, 3.63) is 17.6 Å². The highest BCUT2D eigenvalue weighted by Gasteiger charge is 2.27. The zero-order valence-electron chi connectivity index (χ0n) is 10.2. The number of aromatic nitrogens is 2. The summed E-state index contributed by atoms with van der Waals surface area (Å²) in [6.45, 7) is 3.81. The quantitative estimate of drug-likeness (QED) is 0.708. The first-order valence-corrected chi connectivity index (χ1v) is 5.99. The van der Waals surface area contributed by atoms with Gasteiger partial charge in [-0.05, 0) is 33.1 Å². The molecule has 1 unspecified atom stereocenters. The van der Waals surface area contributed by atoms with Crippen LogP contribution in [0.15, 0.2) is 6.20 Å². The Bertz CT molecular complexity index is 397. The molecule has 94 valence electrons. The van der Waals surface area contributed by atoms with Crippen molar-refractivity contribution in [1.29, 1.82) is 0 Å². The molecule has 1 aromatic rings. The van der Waals surface area contributed by atoms with E-state index in [1.165, 1.54) is 0 Å². The fraction of sp³-hybridized carbons (Fsp3) is 0.667. The van der Waals surface area contributed by atoms with Gasteiger partial charge in [-0.25, -0.2) is 4.98 Å². The van der Waals surface area contributed by atoms with Crippen molar-refractivity contribution in [2.45, 2.75) is 51.4 Å². The average molecular weight is 237 g/mol. The fourth-order valence-corrected chi connectivity index (χ4v) is 2.13. The number of aryl methyl sites for hydroxylation is 2. The van der Waals surface area contributed by atoms with E-state index in [2.05, 4.69) is 15.3 Å². The van der Waals surface area contributed by atoms with Gasteiger partial charge in [-0.3, -0.25) is 4.98 Å². The van der Waals surface area contributed by atoms with Crippen LogP contribution in [0, 0.1) is 13.8 Å². The van der Waals surface area contributed by atoms with E-state index in [1.54, 1.807) is 6.20 Å². The van der Waals surface area contributed by atoms with E-state index in [0.29, 0.717) is 12.8 Å². The van der Waals surface area contributed by atoms with Gasteiger partial charge < -0.3 is 15.5 Å². The lowest BCUT2D eigenvalue weighted by Crippen LogP contribution is -2.39. The number of hydrogen-bond acceptors (Lipinski definition) is 5. The summed E-state index contributed by atoms with van der Waals surface area (Å²) in [5.41, 5.74) is 1.73. The maximum absolute atomic E-state index is 9.62. The predicted molar refractivity (Wildman–Crippen MR) is 64.8 cm³/mol. The first-order valence-electron chi connectivity index (χ1n) is 5.99. The van der Waals surface area contributed by atoms with E-state index in [1.807, 2.05) is 13.8 Å². The lowest BCUT2D eigenvalue weighted by molar-refractivity contribution is -0.0120. The minimum absolute atomic E-state index is 0.156. The smallest absolute Gasteiger partial charge is 0.147 e. The molecule has 1 heterocycles. The largest absolute Gasteiger partial charge is 0.390 e. The van der Waals surface area contributed by atoms with Crippen molar-refractivity contribution < 1.29 is 10.2 Å². The summed E-state index contributed by atoms with van der Waals surface area (Å²) in [6, 6.07) is 0.156. The van der Waals surface area contributed by atoms with Crippen molar-refractivity contribution in [3.63, 3.8) is 0 Å². The molecular weight excluding hydrogens is 218 g/mol. The third-order valence-corrected chi connectivity index (χ3v) is 3.20. The maximum atomic E-state index is 9.62. The molecule has 0 saturated heterocycles. The molecule has 0 aliphatic heterocycles. The van der Waals surface area contributed by atoms with Crippen molar-refractivity contribution in [3.8, 4) is 0 Å². The maximum Gasteiger partial charge on any atom is 0.147 e. The van der Waals surface area contributed by atoms with Crippen LogP contribution in [-0.4, -0.2) is 38.4 Å². The van der Waals surface area contributed by atoms with Crippen LogP contribution in [0.25, 0.3) is 0 Å². The summed E-state index contributed by atoms with van der Waals surface area (Å²) in [5, 5.41) is 22.4. The molecule has 3 N–H and O–H groups in total. The summed E-state index contributed by atoms with van der Waals surface area (Å²) in [6.07, 6.45) is 2.53. The Labute approximate surface area is 101 Å². The molecule has 0 aromatic carbocycles. The van der Waals surface area contributed by atoms with Crippen molar-refractivity contribution in [1.82, 2.24) is 9.97 Å². The molecule has 17 heavy (non-hydrogen) atoms. The van der Waals surface area contributed by atoms with Crippen molar-refractivity contribution in [2.24, 2.45) is 0 Å². The van der Waals surface area contributed by atoms with E-state index in [-0.39, 0.29) is 6.04 Å². The number of aliphatic hydroxyl groups excluding tert-OH is 2. The molecule has 5 heteroatoms. The van der Waals surface area contributed by atoms with Crippen LogP contribution in [-0.2, 0) is 0 Å². The molecule has 0 radical (unpaired) electrons. The van der Waals surface area contributed by atoms with Crippen molar-refractivity contribution in [2.75, 3.05) is 5.32 Å². The predicted octanol–water partition coefficient (Wildman–Crippen LogP) is 0.780. The zero-order chi connectivity index (χ0) is 12.4. The summed E-state index contributed by atoms with van der Waals surface area (Å²) >= 11 is 0. The molecule has 1 aliphatic rings. The second-order valence-electron chi connectivity index (χ2n) is 4.73. The normalized spacial score (nSPS) is 29.1. The topological polar surface area (TPSA) is 78.3 Å². The first kappa shape index (κ1) is 12.3. The first-order chi connectivity index (χ1) is 8.06. The molecule has 0 bridgehead atoms. The lowest BCUT2D eigenvalue weighted by Gasteiger charge is -2.31. The van der Waals surface area contributed by atoms with Crippen LogP contribution < -0.4 is 5.32 Å². The van der Waals surface area contributed by atoms with Gasteiger partial charge in [0.05, 0.1) is 23.6 Å². The van der Waals surface area contributed by atoms with Crippen LogP contribution in [0.5, 0.6) is 0 Å². The number of aliphatic hydroxyl groups is 2. The summed E-state index contributed by atoms with van der Waals surface area (Å²) < 4.78 is 0. The second-order valence-corrected chi connectivity index (χ2v) is 4.73. The van der Waals surface area contributed by atoms with Gasteiger partial charge in [-0.15, -0.1) is 0 Å². The summed E-state index contributed by atoms with van der Waals surface area (Å²) in [7, 11) is 0. The third kappa shape index (κ3) is 2.92. The van der Waals surface area contributed by atoms with Crippen molar-refractivity contribution >= 4 is 5.82 Å². The van der Waals surface area contributed by atoms with Crippen LogP contribution in [0.4, 0.5) is 5.82 Å². The van der Waals surface area contributed by atoms with Gasteiger partial charge in [0.1, 0.15) is 5.82 Å². The van der Waals surface area contributed by atoms with E-state index >= 15 is 0 Å². The highest BCUT2D eigenvalue weighted by Crippen LogP contribution is 2.22. The van der Waals surface area contributed by atoms with Gasteiger partial charge in [0.25, 0.3) is 0 Å². The third-order valence-electron chi connectivity index (χ3n) is 3.20. The molecule has 1 aliphatic carbocycles. The Kier molecular flexibility index (Phi) is 3.59. The zero-order valence-corrected chi connectivity index (χ0v) is 10.2. The molecule has 3 atom stereocenters. The Morgan fingerprint density at radius 3 is 2.71 bits per heavy atom. The summed E-state index contributed by atoms with van der Waals surface area (Å²) in [4.78, 5) is 8.63. The van der Waals surface area contributed by atoms with E-state index in [0.717, 1.165) is 23.6 Å². The highest BCUT2D eigenvalue weighted by atomic mass is 16.3. The lowest BCUT2D eigenvalue weighted by atomic mass is 9.90. The van der Waals surface area contributed by atoms with Crippen LogP contribution in [0.3, 0.4) is 0 Å². The molecule has 1 fully saturated rings. The molecule has 5 nitrogen and oxygen atoms in total. The monoisotopic (exact) mass is 237 g/mol. The van der Waals surface area contributed by atoms with Gasteiger partial charge in [-0.2, -0.15) is 0 Å². The minimum atomic E-state index is -0.640. The number of hydrogen-bond donors (Lipinski definition) is 3. The van der Waals surface area contributed by atoms with E-state index < -0.39 is 12.2 Å². The Balaban J connectivity index is 2.03.